The lowest BCUT2D eigenvalue weighted by atomic mass is 10.1. The number of anilines is 2. The van der Waals surface area contributed by atoms with Gasteiger partial charge in [-0.3, -0.25) is 15.6 Å². The van der Waals surface area contributed by atoms with Crippen molar-refractivity contribution in [2.45, 2.75) is 12.8 Å². The van der Waals surface area contributed by atoms with Gasteiger partial charge in [-0.2, -0.15) is 0 Å². The SMILES string of the molecule is NNc1cnccc1C(=O)Nc1cccc(CCCO)c1. The van der Waals surface area contributed by atoms with Gasteiger partial charge >= 0.3 is 0 Å². The number of aliphatic hydroxyl groups is 1. The molecule has 0 atom stereocenters. The monoisotopic (exact) mass is 286 g/mol. The highest BCUT2D eigenvalue weighted by atomic mass is 16.2. The predicted octanol–water partition coefficient (Wildman–Crippen LogP) is 1.54. The van der Waals surface area contributed by atoms with Gasteiger partial charge in [0.2, 0.25) is 0 Å². The third-order valence-corrected chi connectivity index (χ3v) is 3.03. The second-order valence-electron chi connectivity index (χ2n) is 4.55. The molecule has 0 bridgehead atoms. The van der Waals surface area contributed by atoms with E-state index in [1.54, 1.807) is 6.07 Å². The number of hydrazine groups is 1. The molecule has 0 aliphatic carbocycles. The molecule has 0 saturated heterocycles. The van der Waals surface area contributed by atoms with Crippen LogP contribution >= 0.6 is 0 Å². The van der Waals surface area contributed by atoms with E-state index in [0.29, 0.717) is 23.4 Å². The largest absolute Gasteiger partial charge is 0.396 e. The van der Waals surface area contributed by atoms with Crippen molar-refractivity contribution in [2.24, 2.45) is 5.84 Å². The van der Waals surface area contributed by atoms with Gasteiger partial charge in [0.1, 0.15) is 0 Å². The summed E-state index contributed by atoms with van der Waals surface area (Å²) in [6, 6.07) is 9.14. The highest BCUT2D eigenvalue weighted by Crippen LogP contribution is 2.17. The fourth-order valence-corrected chi connectivity index (χ4v) is 1.99. The zero-order valence-electron chi connectivity index (χ0n) is 11.5. The molecule has 0 radical (unpaired) electrons. The van der Waals surface area contributed by atoms with Crippen molar-refractivity contribution in [3.8, 4) is 0 Å². The first-order valence-electron chi connectivity index (χ1n) is 6.66. The third kappa shape index (κ3) is 4.01. The molecular weight excluding hydrogens is 268 g/mol. The maximum atomic E-state index is 12.2. The van der Waals surface area contributed by atoms with Gasteiger partial charge in [-0.1, -0.05) is 12.1 Å². The molecule has 0 aliphatic heterocycles. The molecule has 6 nitrogen and oxygen atoms in total. The molecule has 0 saturated carbocycles. The summed E-state index contributed by atoms with van der Waals surface area (Å²) in [5.74, 6) is 5.11. The number of hydrogen-bond donors (Lipinski definition) is 4. The average molecular weight is 286 g/mol. The Hall–Kier alpha value is -2.44. The Kier molecular flexibility index (Phi) is 5.25. The van der Waals surface area contributed by atoms with Gasteiger partial charge in [0.05, 0.1) is 17.4 Å². The average Bonchev–Trinajstić information content (AvgIpc) is 2.53. The predicted molar refractivity (Wildman–Crippen MR) is 81.8 cm³/mol. The topological polar surface area (TPSA) is 100 Å². The zero-order valence-corrected chi connectivity index (χ0v) is 11.5. The summed E-state index contributed by atoms with van der Waals surface area (Å²) in [6.45, 7) is 0.152. The number of hydrogen-bond acceptors (Lipinski definition) is 5. The van der Waals surface area contributed by atoms with E-state index in [9.17, 15) is 4.79 Å². The van der Waals surface area contributed by atoms with Crippen molar-refractivity contribution in [3.05, 3.63) is 53.9 Å². The van der Waals surface area contributed by atoms with Gasteiger partial charge in [0, 0.05) is 18.5 Å². The normalized spacial score (nSPS) is 10.2. The summed E-state index contributed by atoms with van der Waals surface area (Å²) < 4.78 is 0. The van der Waals surface area contributed by atoms with E-state index in [4.69, 9.17) is 10.9 Å². The van der Waals surface area contributed by atoms with Crippen LogP contribution in [0.25, 0.3) is 0 Å². The Bertz CT molecular complexity index is 616. The molecule has 0 fully saturated rings. The Morgan fingerprint density at radius 1 is 1.33 bits per heavy atom. The fourth-order valence-electron chi connectivity index (χ4n) is 1.99. The second kappa shape index (κ2) is 7.37. The number of nitrogens with zero attached hydrogens (tertiary/aromatic N) is 1. The molecule has 110 valence electrons. The van der Waals surface area contributed by atoms with E-state index in [1.165, 1.54) is 12.4 Å². The number of nitrogens with two attached hydrogens (primary N) is 1. The van der Waals surface area contributed by atoms with E-state index in [0.717, 1.165) is 12.0 Å². The molecule has 5 N–H and O–H groups in total. The van der Waals surface area contributed by atoms with E-state index in [-0.39, 0.29) is 12.5 Å². The van der Waals surface area contributed by atoms with Crippen molar-refractivity contribution >= 4 is 17.3 Å². The first-order valence-corrected chi connectivity index (χ1v) is 6.66. The Morgan fingerprint density at radius 3 is 2.95 bits per heavy atom. The molecule has 1 amide bonds. The third-order valence-electron chi connectivity index (χ3n) is 3.03. The zero-order chi connectivity index (χ0) is 15.1. The van der Waals surface area contributed by atoms with Gasteiger partial charge < -0.3 is 15.8 Å². The summed E-state index contributed by atoms with van der Waals surface area (Å²) in [6.07, 6.45) is 4.49. The number of nitrogen functional groups attached to an aromatic ring is 1. The number of carbonyl (C=O) groups is 1. The number of carbonyl (C=O) groups excluding carboxylic acids is 1. The van der Waals surface area contributed by atoms with Crippen LogP contribution in [0.4, 0.5) is 11.4 Å². The minimum Gasteiger partial charge on any atom is -0.396 e. The molecule has 1 heterocycles. The van der Waals surface area contributed by atoms with E-state index in [2.05, 4.69) is 15.7 Å². The molecule has 1 aromatic heterocycles. The van der Waals surface area contributed by atoms with Crippen LogP contribution in [0.15, 0.2) is 42.7 Å². The fraction of sp³-hybridized carbons (Fsp3) is 0.200. The van der Waals surface area contributed by atoms with Crippen LogP contribution in [-0.2, 0) is 6.42 Å². The van der Waals surface area contributed by atoms with Gasteiger partial charge in [0.15, 0.2) is 0 Å². The Labute approximate surface area is 123 Å². The number of benzene rings is 1. The summed E-state index contributed by atoms with van der Waals surface area (Å²) in [5, 5.41) is 11.7. The second-order valence-corrected chi connectivity index (χ2v) is 4.55. The quantitative estimate of drug-likeness (QED) is 0.477. The van der Waals surface area contributed by atoms with Crippen LogP contribution in [0.1, 0.15) is 22.3 Å². The van der Waals surface area contributed by atoms with Crippen LogP contribution in [0, 0.1) is 0 Å². The number of aryl methyl sites for hydroxylation is 1. The lowest BCUT2D eigenvalue weighted by Gasteiger charge is -2.10. The van der Waals surface area contributed by atoms with Crippen LogP contribution in [-0.4, -0.2) is 22.6 Å². The highest BCUT2D eigenvalue weighted by molar-refractivity contribution is 6.07. The first-order chi connectivity index (χ1) is 10.2. The van der Waals surface area contributed by atoms with Gasteiger partial charge in [-0.25, -0.2) is 0 Å². The smallest absolute Gasteiger partial charge is 0.257 e. The van der Waals surface area contributed by atoms with Crippen molar-refractivity contribution in [1.29, 1.82) is 0 Å². The molecule has 0 aliphatic rings. The molecule has 21 heavy (non-hydrogen) atoms. The Morgan fingerprint density at radius 2 is 2.19 bits per heavy atom. The maximum absolute atomic E-state index is 12.2. The standard InChI is InChI=1S/C15H18N4O2/c16-19-14-10-17-7-6-13(14)15(21)18-12-5-1-3-11(9-12)4-2-8-20/h1,3,5-7,9-10,19-20H,2,4,8,16H2,(H,18,21). The van der Waals surface area contributed by atoms with E-state index in [1.807, 2.05) is 24.3 Å². The first kappa shape index (κ1) is 15.0. The van der Waals surface area contributed by atoms with Crippen molar-refractivity contribution in [3.63, 3.8) is 0 Å². The van der Waals surface area contributed by atoms with Gasteiger partial charge in [-0.15, -0.1) is 0 Å². The molecule has 2 rings (SSSR count). The van der Waals surface area contributed by atoms with Crippen LogP contribution in [0.2, 0.25) is 0 Å². The summed E-state index contributed by atoms with van der Waals surface area (Å²) >= 11 is 0. The highest BCUT2D eigenvalue weighted by Gasteiger charge is 2.11. The number of pyridine rings is 1. The van der Waals surface area contributed by atoms with Crippen LogP contribution in [0.5, 0.6) is 0 Å². The van der Waals surface area contributed by atoms with E-state index >= 15 is 0 Å². The molecular formula is C15H18N4O2. The van der Waals surface area contributed by atoms with E-state index < -0.39 is 0 Å². The van der Waals surface area contributed by atoms with Gasteiger partial charge in [0.25, 0.3) is 5.91 Å². The maximum Gasteiger partial charge on any atom is 0.257 e. The minimum atomic E-state index is -0.260. The molecule has 6 heteroatoms. The van der Waals surface area contributed by atoms with Gasteiger partial charge in [-0.05, 0) is 36.6 Å². The van der Waals surface area contributed by atoms with Crippen molar-refractivity contribution < 1.29 is 9.90 Å². The molecule has 2 aromatic rings. The number of nitrogens with one attached hydrogen (secondary N) is 2. The number of amides is 1. The number of aromatic nitrogens is 1. The molecule has 0 unspecified atom stereocenters. The lowest BCUT2D eigenvalue weighted by Crippen LogP contribution is -2.17. The van der Waals surface area contributed by atoms with Crippen molar-refractivity contribution in [1.82, 2.24) is 4.98 Å². The Balaban J connectivity index is 2.12. The molecule has 0 spiro atoms. The van der Waals surface area contributed by atoms with Crippen molar-refractivity contribution in [2.75, 3.05) is 17.3 Å². The summed E-state index contributed by atoms with van der Waals surface area (Å²) in [4.78, 5) is 16.2. The number of aliphatic hydroxyl groups excluding tert-OH is 1. The summed E-state index contributed by atoms with van der Waals surface area (Å²) in [5.41, 5.74) is 5.11. The minimum absolute atomic E-state index is 0.152. The molecule has 1 aromatic carbocycles. The van der Waals surface area contributed by atoms with Crippen LogP contribution < -0.4 is 16.6 Å². The van der Waals surface area contributed by atoms with Crippen LogP contribution in [0.3, 0.4) is 0 Å². The lowest BCUT2D eigenvalue weighted by molar-refractivity contribution is 0.102. The summed E-state index contributed by atoms with van der Waals surface area (Å²) in [7, 11) is 0. The number of rotatable bonds is 6.